The van der Waals surface area contributed by atoms with Gasteiger partial charge in [0, 0.05) is 0 Å². The summed E-state index contributed by atoms with van der Waals surface area (Å²) < 4.78 is 6.55. The number of unbranched alkanes of at least 4 members (excludes halogenated alkanes) is 20. The number of hydrogen-bond acceptors (Lipinski definition) is 2. The molecule has 36 heavy (non-hydrogen) atoms. The molecule has 0 rings (SSSR count). The van der Waals surface area contributed by atoms with Crippen molar-refractivity contribution in [3.05, 3.63) is 0 Å². The van der Waals surface area contributed by atoms with E-state index in [0.29, 0.717) is 6.42 Å². The molecule has 0 aliphatic heterocycles. The summed E-state index contributed by atoms with van der Waals surface area (Å²) in [5.74, 6) is 0.136. The molecule has 0 spiro atoms. The molecule has 0 saturated heterocycles. The van der Waals surface area contributed by atoms with E-state index in [4.69, 9.17) is 4.52 Å². The molecule has 0 amide bonds. The van der Waals surface area contributed by atoms with Gasteiger partial charge in [0.05, 0.1) is 24.9 Å². The van der Waals surface area contributed by atoms with Crippen LogP contribution >= 0.6 is 7.49 Å². The lowest BCUT2D eigenvalue weighted by Crippen LogP contribution is -2.16. The average Bonchev–Trinajstić information content (AvgIpc) is 2.88. The summed E-state index contributed by atoms with van der Waals surface area (Å²) in [6.45, 7) is 9.14. The second-order valence-corrected chi connectivity index (χ2v) is 15.2. The van der Waals surface area contributed by atoms with E-state index in [1.54, 1.807) is 0 Å². The van der Waals surface area contributed by atoms with Crippen molar-refractivity contribution < 1.29 is 9.32 Å². The Balaban J connectivity index is 4.44. The SMILES string of the molecule is CCCCCCCCCCCCCCC(=O)O[P+](CCCCCC)(CCCCCC)CCCCCC. The van der Waals surface area contributed by atoms with Gasteiger partial charge in [0.15, 0.2) is 7.49 Å². The normalized spacial score (nSPS) is 11.8. The van der Waals surface area contributed by atoms with Crippen molar-refractivity contribution in [3.63, 3.8) is 0 Å². The summed E-state index contributed by atoms with van der Waals surface area (Å²) in [4.78, 5) is 13.0. The van der Waals surface area contributed by atoms with Gasteiger partial charge < -0.3 is 4.52 Å². The Morgan fingerprint density at radius 2 is 0.694 bits per heavy atom. The maximum absolute atomic E-state index is 13.0. The number of carbonyl (C=O) groups excluding carboxylic acids is 1. The van der Waals surface area contributed by atoms with Gasteiger partial charge in [-0.1, -0.05) is 137 Å². The van der Waals surface area contributed by atoms with E-state index in [9.17, 15) is 4.79 Å². The molecule has 0 atom stereocenters. The molecular formula is C33H68O2P+. The van der Waals surface area contributed by atoms with Gasteiger partial charge in [-0.2, -0.15) is 0 Å². The molecule has 216 valence electrons. The van der Waals surface area contributed by atoms with Crippen LogP contribution in [-0.2, 0) is 9.32 Å². The largest absolute Gasteiger partial charge is 0.349 e. The average molecular weight is 528 g/mol. The number of carbonyl (C=O) groups is 1. The van der Waals surface area contributed by atoms with Crippen LogP contribution in [0.2, 0.25) is 0 Å². The Bertz CT molecular complexity index is 420. The first-order valence-corrected chi connectivity index (χ1v) is 19.0. The molecular weight excluding hydrogens is 459 g/mol. The molecule has 0 saturated carbocycles. The van der Waals surface area contributed by atoms with Crippen molar-refractivity contribution in [3.8, 4) is 0 Å². The highest BCUT2D eigenvalue weighted by atomic mass is 31.2. The highest BCUT2D eigenvalue weighted by molar-refractivity contribution is 7.71. The Labute approximate surface area is 229 Å². The zero-order valence-electron chi connectivity index (χ0n) is 25.6. The summed E-state index contributed by atoms with van der Waals surface area (Å²) in [5, 5.41) is 0. The zero-order chi connectivity index (χ0) is 26.6. The van der Waals surface area contributed by atoms with Crippen molar-refractivity contribution in [1.82, 2.24) is 0 Å². The van der Waals surface area contributed by atoms with Gasteiger partial charge >= 0.3 is 5.97 Å². The lowest BCUT2D eigenvalue weighted by molar-refractivity contribution is -0.134. The summed E-state index contributed by atoms with van der Waals surface area (Å²) in [6.07, 6.45) is 35.7. The quantitative estimate of drug-likeness (QED) is 0.0714. The fourth-order valence-electron chi connectivity index (χ4n) is 5.32. The summed E-state index contributed by atoms with van der Waals surface area (Å²) >= 11 is 0. The van der Waals surface area contributed by atoms with E-state index >= 15 is 0 Å². The fourth-order valence-corrected chi connectivity index (χ4v) is 9.19. The summed E-state index contributed by atoms with van der Waals surface area (Å²) in [6, 6.07) is 0. The summed E-state index contributed by atoms with van der Waals surface area (Å²) in [5.41, 5.74) is 0. The third-order valence-electron chi connectivity index (χ3n) is 7.79. The molecule has 0 N–H and O–H groups in total. The van der Waals surface area contributed by atoms with Gasteiger partial charge in [0.1, 0.15) is 0 Å². The maximum Gasteiger partial charge on any atom is 0.349 e. The van der Waals surface area contributed by atoms with Crippen LogP contribution in [0, 0.1) is 0 Å². The van der Waals surface area contributed by atoms with Crippen LogP contribution in [0.15, 0.2) is 0 Å². The second kappa shape index (κ2) is 27.9. The van der Waals surface area contributed by atoms with Gasteiger partial charge in [-0.3, -0.25) is 0 Å². The van der Waals surface area contributed by atoms with Crippen LogP contribution in [0.4, 0.5) is 0 Å². The number of rotatable bonds is 29. The van der Waals surface area contributed by atoms with E-state index in [2.05, 4.69) is 27.7 Å². The van der Waals surface area contributed by atoms with Crippen LogP contribution in [0.25, 0.3) is 0 Å². The molecule has 0 bridgehead atoms. The molecule has 0 fully saturated rings. The van der Waals surface area contributed by atoms with Crippen LogP contribution in [-0.4, -0.2) is 24.5 Å². The molecule has 0 aromatic heterocycles. The monoisotopic (exact) mass is 527 g/mol. The predicted octanol–water partition coefficient (Wildman–Crippen LogP) is 12.3. The van der Waals surface area contributed by atoms with Gasteiger partial charge in [0.2, 0.25) is 0 Å². The Morgan fingerprint density at radius 3 is 1.03 bits per heavy atom. The van der Waals surface area contributed by atoms with Crippen molar-refractivity contribution in [2.24, 2.45) is 0 Å². The minimum Gasteiger partial charge on any atom is -0.313 e. The Morgan fingerprint density at radius 1 is 0.417 bits per heavy atom. The molecule has 0 aliphatic carbocycles. The first kappa shape index (κ1) is 35.9. The first-order valence-electron chi connectivity index (χ1n) is 16.7. The van der Waals surface area contributed by atoms with Crippen LogP contribution in [0.1, 0.15) is 188 Å². The second-order valence-electron chi connectivity index (χ2n) is 11.5. The minimum atomic E-state index is -1.61. The minimum absolute atomic E-state index is 0.136. The third-order valence-corrected chi connectivity index (χ3v) is 11.8. The van der Waals surface area contributed by atoms with Gasteiger partial charge in [-0.05, 0) is 44.9 Å². The lowest BCUT2D eigenvalue weighted by atomic mass is 10.0. The highest BCUT2D eigenvalue weighted by Gasteiger charge is 2.41. The van der Waals surface area contributed by atoms with Gasteiger partial charge in [0.25, 0.3) is 0 Å². The molecule has 3 heteroatoms. The van der Waals surface area contributed by atoms with E-state index < -0.39 is 7.49 Å². The van der Waals surface area contributed by atoms with Crippen molar-refractivity contribution in [2.75, 3.05) is 18.5 Å². The van der Waals surface area contributed by atoms with Crippen molar-refractivity contribution >= 4 is 13.5 Å². The van der Waals surface area contributed by atoms with Gasteiger partial charge in [-0.15, -0.1) is 0 Å². The molecule has 0 radical (unpaired) electrons. The molecule has 0 aromatic carbocycles. The molecule has 0 unspecified atom stereocenters. The Kier molecular flexibility index (Phi) is 27.8. The highest BCUT2D eigenvalue weighted by Crippen LogP contribution is 2.62. The topological polar surface area (TPSA) is 26.3 Å². The zero-order valence-corrected chi connectivity index (χ0v) is 26.5. The molecule has 2 nitrogen and oxygen atoms in total. The van der Waals surface area contributed by atoms with E-state index in [1.165, 1.54) is 166 Å². The number of hydrogen-bond donors (Lipinski definition) is 0. The summed E-state index contributed by atoms with van der Waals surface area (Å²) in [7, 11) is -1.61. The first-order chi connectivity index (χ1) is 17.6. The maximum atomic E-state index is 13.0. The third kappa shape index (κ3) is 23.0. The van der Waals surface area contributed by atoms with E-state index in [0.717, 1.165) is 6.42 Å². The van der Waals surface area contributed by atoms with E-state index in [1.807, 2.05) is 0 Å². The van der Waals surface area contributed by atoms with Crippen LogP contribution in [0.5, 0.6) is 0 Å². The van der Waals surface area contributed by atoms with Gasteiger partial charge in [-0.25, -0.2) is 4.79 Å². The molecule has 0 aliphatic rings. The standard InChI is InChI=1S/C33H68O2P/c1-5-9-13-17-18-19-20-21-22-23-24-25-29-33(34)35-36(30-26-14-10-6-2,31-27-15-11-7-3)32-28-16-12-8-4/h5-32H2,1-4H3/q+1. The van der Waals surface area contributed by atoms with E-state index in [-0.39, 0.29) is 5.97 Å². The molecule has 0 heterocycles. The lowest BCUT2D eigenvalue weighted by Gasteiger charge is -2.26. The molecule has 0 aromatic rings. The van der Waals surface area contributed by atoms with Crippen molar-refractivity contribution in [2.45, 2.75) is 188 Å². The Hall–Kier alpha value is -0.100. The van der Waals surface area contributed by atoms with Crippen molar-refractivity contribution in [1.29, 1.82) is 0 Å². The predicted molar refractivity (Wildman–Crippen MR) is 166 cm³/mol. The smallest absolute Gasteiger partial charge is 0.313 e. The fraction of sp³-hybridized carbons (Fsp3) is 0.970. The van der Waals surface area contributed by atoms with Crippen LogP contribution in [0.3, 0.4) is 0 Å². The van der Waals surface area contributed by atoms with Crippen LogP contribution < -0.4 is 0 Å².